The average molecular weight is 533 g/mol. The molecule has 0 saturated carbocycles. The predicted molar refractivity (Wildman–Crippen MR) is 154 cm³/mol. The van der Waals surface area contributed by atoms with Gasteiger partial charge in [-0.15, -0.1) is 0 Å². The quantitative estimate of drug-likeness (QED) is 0.236. The van der Waals surface area contributed by atoms with Gasteiger partial charge in [-0.3, -0.25) is 23.8 Å². The average Bonchev–Trinajstić information content (AvgIpc) is 3.31. The van der Waals surface area contributed by atoms with Crippen LogP contribution in [0.2, 0.25) is 0 Å². The number of fused-ring (bicyclic) bond motifs is 1. The van der Waals surface area contributed by atoms with E-state index in [9.17, 15) is 14.7 Å². The van der Waals surface area contributed by atoms with E-state index in [0.717, 1.165) is 42.8 Å². The van der Waals surface area contributed by atoms with Crippen molar-refractivity contribution in [1.29, 1.82) is 0 Å². The molecule has 0 saturated heterocycles. The van der Waals surface area contributed by atoms with E-state index < -0.39 is 0 Å². The van der Waals surface area contributed by atoms with Crippen molar-refractivity contribution in [2.45, 2.75) is 65.6 Å². The number of aryl methyl sites for hydroxylation is 2. The second kappa shape index (κ2) is 14.0. The summed E-state index contributed by atoms with van der Waals surface area (Å²) in [6, 6.07) is 13.9. The summed E-state index contributed by atoms with van der Waals surface area (Å²) >= 11 is 0. The van der Waals surface area contributed by atoms with E-state index in [2.05, 4.69) is 23.7 Å². The summed E-state index contributed by atoms with van der Waals surface area (Å²) in [5, 5.41) is 9.49. The minimum atomic E-state index is -0.299. The molecule has 0 aliphatic heterocycles. The van der Waals surface area contributed by atoms with Gasteiger partial charge in [-0.2, -0.15) is 0 Å². The topological polar surface area (TPSA) is 98.2 Å². The fraction of sp³-hybridized carbons (Fsp3) is 0.467. The number of aliphatic hydroxyl groups excluding tert-OH is 1. The molecule has 0 unspecified atom stereocenters. The fourth-order valence-corrected chi connectivity index (χ4v) is 5.01. The van der Waals surface area contributed by atoms with Crippen molar-refractivity contribution in [2.24, 2.45) is 0 Å². The first kappa shape index (κ1) is 28.4. The summed E-state index contributed by atoms with van der Waals surface area (Å²) < 4.78 is 5.07. The highest BCUT2D eigenvalue weighted by Gasteiger charge is 2.22. The summed E-state index contributed by atoms with van der Waals surface area (Å²) in [5.74, 6) is 0.731. The molecule has 4 rings (SSSR count). The lowest BCUT2D eigenvalue weighted by Gasteiger charge is -2.20. The van der Waals surface area contributed by atoms with Gasteiger partial charge in [0.05, 0.1) is 6.61 Å². The monoisotopic (exact) mass is 532 g/mol. The number of hydrogen-bond acceptors (Lipinski definition) is 6. The molecule has 0 bridgehead atoms. The Morgan fingerprint density at radius 2 is 1.67 bits per heavy atom. The number of rotatable bonds is 15. The molecular weight excluding hydrogens is 492 g/mol. The molecule has 3 heterocycles. The first-order valence-corrected chi connectivity index (χ1v) is 14.1. The first-order valence-electron chi connectivity index (χ1n) is 14.1. The zero-order valence-corrected chi connectivity index (χ0v) is 23.1. The molecule has 9 heteroatoms. The van der Waals surface area contributed by atoms with E-state index in [1.165, 1.54) is 4.57 Å². The van der Waals surface area contributed by atoms with Gasteiger partial charge in [-0.25, -0.2) is 9.78 Å². The first-order chi connectivity index (χ1) is 19.1. The van der Waals surface area contributed by atoms with Crippen LogP contribution in [0.1, 0.15) is 50.1 Å². The van der Waals surface area contributed by atoms with Crippen molar-refractivity contribution in [3.8, 4) is 0 Å². The number of pyridine rings is 1. The number of hydrogen-bond donors (Lipinski definition) is 1. The lowest BCUT2D eigenvalue weighted by molar-refractivity contribution is 0.197. The van der Waals surface area contributed by atoms with Crippen molar-refractivity contribution < 1.29 is 5.11 Å². The molecule has 0 spiro atoms. The number of imidazole rings is 1. The van der Waals surface area contributed by atoms with Crippen LogP contribution in [-0.4, -0.2) is 59.9 Å². The van der Waals surface area contributed by atoms with Gasteiger partial charge in [0, 0.05) is 51.5 Å². The summed E-state index contributed by atoms with van der Waals surface area (Å²) in [6.07, 6.45) is 7.42. The third-order valence-corrected chi connectivity index (χ3v) is 7.23. The van der Waals surface area contributed by atoms with E-state index >= 15 is 0 Å². The minimum Gasteiger partial charge on any atom is -0.395 e. The predicted octanol–water partition coefficient (Wildman–Crippen LogP) is 3.09. The van der Waals surface area contributed by atoms with Crippen LogP contribution >= 0.6 is 0 Å². The highest BCUT2D eigenvalue weighted by atomic mass is 16.3. The van der Waals surface area contributed by atoms with Gasteiger partial charge in [-0.1, -0.05) is 63.1 Å². The van der Waals surface area contributed by atoms with Crippen molar-refractivity contribution >= 4 is 11.2 Å². The minimum absolute atomic E-state index is 0.0737. The zero-order chi connectivity index (χ0) is 27.6. The number of aromatic nitrogens is 5. The molecule has 0 atom stereocenters. The largest absolute Gasteiger partial charge is 0.395 e. The van der Waals surface area contributed by atoms with Crippen LogP contribution in [0.25, 0.3) is 11.2 Å². The Balaban J connectivity index is 1.86. The van der Waals surface area contributed by atoms with Crippen LogP contribution in [-0.2, 0) is 32.5 Å². The van der Waals surface area contributed by atoms with Gasteiger partial charge in [0.15, 0.2) is 11.2 Å². The molecule has 0 amide bonds. The fourth-order valence-electron chi connectivity index (χ4n) is 5.01. The van der Waals surface area contributed by atoms with Crippen molar-refractivity contribution in [2.75, 3.05) is 26.2 Å². The maximum absolute atomic E-state index is 13.9. The van der Waals surface area contributed by atoms with Gasteiger partial charge in [0.1, 0.15) is 5.82 Å². The van der Waals surface area contributed by atoms with E-state index in [4.69, 9.17) is 4.98 Å². The Hall–Kier alpha value is -3.56. The molecule has 39 heavy (non-hydrogen) atoms. The third kappa shape index (κ3) is 6.91. The number of aliphatic hydroxyl groups is 1. The van der Waals surface area contributed by atoms with E-state index in [1.807, 2.05) is 47.0 Å². The lowest BCUT2D eigenvalue weighted by atomic mass is 10.1. The highest BCUT2D eigenvalue weighted by Crippen LogP contribution is 2.17. The Morgan fingerprint density at radius 1 is 0.872 bits per heavy atom. The molecule has 0 aliphatic rings. The molecular formula is C30H40N6O3. The standard InChI is InChI=1S/C30H40N6O3/c1-3-5-9-16-36-29(38)27-28(35(30(36)39)17-14-24-11-7-6-8-12-24)32-26(22-25-13-10-15-31-23-25)34(27)19-18-33(4-2)20-21-37/h6-8,10-13,15,23,37H,3-5,9,14,16-22H2,1-2H3. The van der Waals surface area contributed by atoms with Gasteiger partial charge < -0.3 is 9.67 Å². The molecule has 3 aromatic heterocycles. The number of likely N-dealkylation sites (N-methyl/N-ethyl adjacent to an activating group) is 1. The second-order valence-corrected chi connectivity index (χ2v) is 9.88. The number of nitrogens with zero attached hydrogens (tertiary/aromatic N) is 6. The second-order valence-electron chi connectivity index (χ2n) is 9.88. The molecule has 4 aromatic rings. The molecule has 1 aromatic carbocycles. The van der Waals surface area contributed by atoms with E-state index in [1.54, 1.807) is 17.0 Å². The summed E-state index contributed by atoms with van der Waals surface area (Å²) in [7, 11) is 0. The molecule has 9 nitrogen and oxygen atoms in total. The van der Waals surface area contributed by atoms with Gasteiger partial charge in [0.2, 0.25) is 0 Å². The summed E-state index contributed by atoms with van der Waals surface area (Å²) in [5.41, 5.74) is 2.44. The molecule has 208 valence electrons. The SMILES string of the molecule is CCCCCn1c(=O)c2c(nc(Cc3cccnc3)n2CCN(CC)CCO)n(CCc2ccccc2)c1=O. The zero-order valence-electron chi connectivity index (χ0n) is 23.1. The molecule has 0 aliphatic carbocycles. The Labute approximate surface area is 229 Å². The lowest BCUT2D eigenvalue weighted by Crippen LogP contribution is -2.41. The van der Waals surface area contributed by atoms with E-state index in [-0.39, 0.29) is 17.9 Å². The normalized spacial score (nSPS) is 11.6. The van der Waals surface area contributed by atoms with Gasteiger partial charge >= 0.3 is 5.69 Å². The maximum Gasteiger partial charge on any atom is 0.332 e. The molecule has 0 fully saturated rings. The summed E-state index contributed by atoms with van der Waals surface area (Å²) in [6.45, 7) is 7.59. The molecule has 1 N–H and O–H groups in total. The van der Waals surface area contributed by atoms with Crippen LogP contribution < -0.4 is 11.2 Å². The van der Waals surface area contributed by atoms with Crippen LogP contribution in [0, 0.1) is 0 Å². The maximum atomic E-state index is 13.9. The molecule has 0 radical (unpaired) electrons. The van der Waals surface area contributed by atoms with Gasteiger partial charge in [-0.05, 0) is 36.6 Å². The van der Waals surface area contributed by atoms with Crippen LogP contribution in [0.5, 0.6) is 0 Å². The van der Waals surface area contributed by atoms with Gasteiger partial charge in [0.25, 0.3) is 5.56 Å². The number of benzene rings is 1. The van der Waals surface area contributed by atoms with Crippen LogP contribution in [0.3, 0.4) is 0 Å². The summed E-state index contributed by atoms with van der Waals surface area (Å²) in [4.78, 5) is 39.0. The Kier molecular flexibility index (Phi) is 10.2. The van der Waals surface area contributed by atoms with Crippen molar-refractivity contribution in [1.82, 2.24) is 28.6 Å². The highest BCUT2D eigenvalue weighted by molar-refractivity contribution is 5.71. The van der Waals surface area contributed by atoms with Crippen molar-refractivity contribution in [3.05, 3.63) is 92.6 Å². The van der Waals surface area contributed by atoms with Crippen LogP contribution in [0.15, 0.2) is 64.4 Å². The Bertz CT molecular complexity index is 1440. The van der Waals surface area contributed by atoms with Crippen LogP contribution in [0.4, 0.5) is 0 Å². The smallest absolute Gasteiger partial charge is 0.332 e. The van der Waals surface area contributed by atoms with E-state index in [0.29, 0.717) is 56.7 Å². The third-order valence-electron chi connectivity index (χ3n) is 7.23. The van der Waals surface area contributed by atoms with Crippen molar-refractivity contribution in [3.63, 3.8) is 0 Å². The number of unbranched alkanes of at least 4 members (excludes halogenated alkanes) is 2. The Morgan fingerprint density at radius 3 is 2.36 bits per heavy atom.